The lowest BCUT2D eigenvalue weighted by Gasteiger charge is -2.16. The molecule has 27 heavy (non-hydrogen) atoms. The Bertz CT molecular complexity index is 986. The van der Waals surface area contributed by atoms with Gasteiger partial charge in [-0.15, -0.1) is 0 Å². The van der Waals surface area contributed by atoms with Gasteiger partial charge in [-0.05, 0) is 50.1 Å². The van der Waals surface area contributed by atoms with Gasteiger partial charge in [0.15, 0.2) is 0 Å². The average Bonchev–Trinajstić information content (AvgIpc) is 2.67. The van der Waals surface area contributed by atoms with E-state index in [9.17, 15) is 4.79 Å². The molecule has 1 aromatic carbocycles. The molecule has 0 fully saturated rings. The van der Waals surface area contributed by atoms with Gasteiger partial charge in [0.2, 0.25) is 5.95 Å². The molecule has 2 unspecified atom stereocenters. The fourth-order valence-corrected chi connectivity index (χ4v) is 3.01. The Morgan fingerprint density at radius 2 is 2.00 bits per heavy atom. The van der Waals surface area contributed by atoms with Gasteiger partial charge in [-0.3, -0.25) is 4.79 Å². The number of aromatic nitrogens is 3. The van der Waals surface area contributed by atoms with E-state index in [1.165, 1.54) is 0 Å². The third-order valence-corrected chi connectivity index (χ3v) is 4.87. The highest BCUT2D eigenvalue weighted by Gasteiger charge is 2.12. The lowest BCUT2D eigenvalue weighted by Crippen LogP contribution is -2.22. The Hall–Kier alpha value is -2.66. The number of hydrogen-bond donors (Lipinski definition) is 1. The van der Waals surface area contributed by atoms with Crippen LogP contribution in [0.3, 0.4) is 0 Å². The molecule has 3 aromatic rings. The van der Waals surface area contributed by atoms with Crippen molar-refractivity contribution < 1.29 is 0 Å². The highest BCUT2D eigenvalue weighted by Crippen LogP contribution is 2.21. The molecule has 5 nitrogen and oxygen atoms in total. The van der Waals surface area contributed by atoms with E-state index in [1.54, 1.807) is 29.1 Å². The first-order valence-electron chi connectivity index (χ1n) is 9.05. The predicted octanol–water partition coefficient (Wildman–Crippen LogP) is 4.78. The van der Waals surface area contributed by atoms with Gasteiger partial charge in [-0.2, -0.15) is 0 Å². The second-order valence-corrected chi connectivity index (χ2v) is 7.05. The molecule has 0 aliphatic rings. The van der Waals surface area contributed by atoms with Crippen LogP contribution in [0.2, 0.25) is 5.02 Å². The number of pyridine rings is 1. The van der Waals surface area contributed by atoms with E-state index in [0.29, 0.717) is 11.0 Å². The minimum atomic E-state index is -0.113. The van der Waals surface area contributed by atoms with E-state index >= 15 is 0 Å². The zero-order valence-electron chi connectivity index (χ0n) is 15.7. The third-order valence-electron chi connectivity index (χ3n) is 4.64. The van der Waals surface area contributed by atoms with Gasteiger partial charge in [0.1, 0.15) is 0 Å². The summed E-state index contributed by atoms with van der Waals surface area (Å²) in [6.07, 6.45) is 4.48. The number of rotatable bonds is 6. The zero-order valence-corrected chi connectivity index (χ0v) is 16.4. The van der Waals surface area contributed by atoms with Crippen molar-refractivity contribution in [1.82, 2.24) is 14.5 Å². The largest absolute Gasteiger partial charge is 0.352 e. The molecule has 2 atom stereocenters. The van der Waals surface area contributed by atoms with E-state index < -0.39 is 0 Å². The van der Waals surface area contributed by atoms with Crippen LogP contribution in [-0.2, 0) is 0 Å². The van der Waals surface area contributed by atoms with Crippen LogP contribution in [0.5, 0.6) is 0 Å². The van der Waals surface area contributed by atoms with Gasteiger partial charge in [-0.1, -0.05) is 30.7 Å². The summed E-state index contributed by atoms with van der Waals surface area (Å²) in [4.78, 5) is 21.5. The molecule has 0 amide bonds. The molecular formula is C21H23ClN4O. The van der Waals surface area contributed by atoms with Gasteiger partial charge in [0.05, 0.1) is 11.7 Å². The van der Waals surface area contributed by atoms with Crippen molar-refractivity contribution in [2.24, 2.45) is 0 Å². The summed E-state index contributed by atoms with van der Waals surface area (Å²) in [7, 11) is 0. The molecule has 140 valence electrons. The molecule has 2 aromatic heterocycles. The van der Waals surface area contributed by atoms with E-state index in [4.69, 9.17) is 11.6 Å². The van der Waals surface area contributed by atoms with Crippen LogP contribution in [0.25, 0.3) is 11.3 Å². The fourth-order valence-electron chi connectivity index (χ4n) is 2.81. The Morgan fingerprint density at radius 3 is 2.70 bits per heavy atom. The molecule has 0 saturated carbocycles. The maximum atomic E-state index is 12.7. The number of halogens is 1. The molecule has 0 radical (unpaired) electrons. The van der Waals surface area contributed by atoms with Crippen molar-refractivity contribution in [2.45, 2.75) is 39.3 Å². The highest BCUT2D eigenvalue weighted by molar-refractivity contribution is 6.30. The van der Waals surface area contributed by atoms with Crippen LogP contribution in [0.15, 0.2) is 59.7 Å². The van der Waals surface area contributed by atoms with Crippen LogP contribution in [-0.4, -0.2) is 20.6 Å². The second-order valence-electron chi connectivity index (χ2n) is 6.61. The zero-order chi connectivity index (χ0) is 19.4. The summed E-state index contributed by atoms with van der Waals surface area (Å²) >= 11 is 6.08. The standard InChI is InChI=1S/C21H23ClN4O/c1-4-14(2)24-21-23-10-8-19(25-21)17-9-11-26(20(27)13-17)15(3)16-6-5-7-18(22)12-16/h5-15H,4H2,1-3H3,(H,23,24,25). The number of nitrogens with zero attached hydrogens (tertiary/aromatic N) is 3. The van der Waals surface area contributed by atoms with Crippen molar-refractivity contribution in [1.29, 1.82) is 0 Å². The van der Waals surface area contributed by atoms with Crippen molar-refractivity contribution in [3.63, 3.8) is 0 Å². The second kappa shape index (κ2) is 8.35. The maximum absolute atomic E-state index is 12.7. The predicted molar refractivity (Wildman–Crippen MR) is 110 cm³/mol. The Morgan fingerprint density at radius 1 is 1.19 bits per heavy atom. The van der Waals surface area contributed by atoms with Crippen molar-refractivity contribution in [3.05, 3.63) is 75.8 Å². The van der Waals surface area contributed by atoms with Gasteiger partial charge in [0.25, 0.3) is 5.56 Å². The summed E-state index contributed by atoms with van der Waals surface area (Å²) in [5.41, 5.74) is 2.38. The monoisotopic (exact) mass is 382 g/mol. The molecule has 0 spiro atoms. The summed E-state index contributed by atoms with van der Waals surface area (Å²) in [5.74, 6) is 0.568. The minimum absolute atomic E-state index is 0.0879. The molecule has 6 heteroatoms. The first-order chi connectivity index (χ1) is 13.0. The topological polar surface area (TPSA) is 59.8 Å². The number of anilines is 1. The minimum Gasteiger partial charge on any atom is -0.352 e. The molecule has 2 heterocycles. The van der Waals surface area contributed by atoms with Gasteiger partial charge in [0, 0.05) is 35.1 Å². The van der Waals surface area contributed by atoms with Gasteiger partial charge in [-0.25, -0.2) is 9.97 Å². The SMILES string of the molecule is CCC(C)Nc1nccc(-c2ccn(C(C)c3cccc(Cl)c3)c(=O)c2)n1. The molecular weight excluding hydrogens is 360 g/mol. The lowest BCUT2D eigenvalue weighted by atomic mass is 10.1. The van der Waals surface area contributed by atoms with E-state index in [1.807, 2.05) is 37.3 Å². The summed E-state index contributed by atoms with van der Waals surface area (Å²) in [6, 6.07) is 13.0. The number of benzene rings is 1. The molecule has 0 saturated heterocycles. The normalized spacial score (nSPS) is 13.2. The smallest absolute Gasteiger partial charge is 0.251 e. The maximum Gasteiger partial charge on any atom is 0.251 e. The van der Waals surface area contributed by atoms with E-state index in [-0.39, 0.29) is 17.6 Å². The van der Waals surface area contributed by atoms with Crippen LogP contribution in [0.4, 0.5) is 5.95 Å². The molecule has 0 aliphatic heterocycles. The Balaban J connectivity index is 1.89. The molecule has 1 N–H and O–H groups in total. The van der Waals surface area contributed by atoms with Crippen molar-refractivity contribution >= 4 is 17.5 Å². The van der Waals surface area contributed by atoms with Crippen LogP contribution >= 0.6 is 11.6 Å². The third kappa shape index (κ3) is 4.55. The average molecular weight is 383 g/mol. The van der Waals surface area contributed by atoms with Crippen LogP contribution in [0, 0.1) is 0 Å². The highest BCUT2D eigenvalue weighted by atomic mass is 35.5. The quantitative estimate of drug-likeness (QED) is 0.666. The first-order valence-corrected chi connectivity index (χ1v) is 9.43. The van der Waals surface area contributed by atoms with Crippen LogP contribution in [0.1, 0.15) is 38.8 Å². The Labute approximate surface area is 164 Å². The molecule has 3 rings (SSSR count). The summed E-state index contributed by atoms with van der Waals surface area (Å²) in [5, 5.41) is 3.91. The van der Waals surface area contributed by atoms with Gasteiger partial charge < -0.3 is 9.88 Å². The van der Waals surface area contributed by atoms with Crippen LogP contribution < -0.4 is 10.9 Å². The lowest BCUT2D eigenvalue weighted by molar-refractivity contribution is 0.615. The molecule has 0 aliphatic carbocycles. The van der Waals surface area contributed by atoms with E-state index in [2.05, 4.69) is 29.1 Å². The summed E-state index contributed by atoms with van der Waals surface area (Å²) < 4.78 is 1.69. The molecule has 0 bridgehead atoms. The number of hydrogen-bond acceptors (Lipinski definition) is 4. The van der Waals surface area contributed by atoms with E-state index in [0.717, 1.165) is 23.2 Å². The van der Waals surface area contributed by atoms with Crippen molar-refractivity contribution in [2.75, 3.05) is 5.32 Å². The van der Waals surface area contributed by atoms with Crippen molar-refractivity contribution in [3.8, 4) is 11.3 Å². The Kier molecular flexibility index (Phi) is 5.91. The van der Waals surface area contributed by atoms with Gasteiger partial charge >= 0.3 is 0 Å². The summed E-state index contributed by atoms with van der Waals surface area (Å²) in [6.45, 7) is 6.16. The fraction of sp³-hybridized carbons (Fsp3) is 0.286. The first kappa shape index (κ1) is 19.1. The number of nitrogens with one attached hydrogen (secondary N) is 1.